The van der Waals surface area contributed by atoms with Crippen LogP contribution >= 0.6 is 11.8 Å². The van der Waals surface area contributed by atoms with Gasteiger partial charge in [0.1, 0.15) is 11.4 Å². The number of benzene rings is 1. The lowest BCUT2D eigenvalue weighted by molar-refractivity contribution is 0.0698. The molecule has 116 valence electrons. The SMILES string of the molecule is CSC1(CNc2ccc(F)c(N)c2C(=O)O)CCCCC1. The molecule has 1 fully saturated rings. The number of carboxylic acids is 1. The van der Waals surface area contributed by atoms with Crippen molar-refractivity contribution in [3.63, 3.8) is 0 Å². The second-order valence-electron chi connectivity index (χ2n) is 5.49. The maximum atomic E-state index is 13.4. The van der Waals surface area contributed by atoms with Crippen molar-refractivity contribution < 1.29 is 14.3 Å². The Balaban J connectivity index is 2.19. The topological polar surface area (TPSA) is 75.3 Å². The van der Waals surface area contributed by atoms with Gasteiger partial charge in [-0.05, 0) is 31.2 Å². The summed E-state index contributed by atoms with van der Waals surface area (Å²) in [5, 5.41) is 12.4. The molecule has 0 saturated heterocycles. The van der Waals surface area contributed by atoms with E-state index in [9.17, 15) is 14.3 Å². The van der Waals surface area contributed by atoms with Crippen LogP contribution in [-0.4, -0.2) is 28.6 Å². The van der Waals surface area contributed by atoms with Crippen LogP contribution in [0, 0.1) is 5.82 Å². The van der Waals surface area contributed by atoms with Gasteiger partial charge in [-0.15, -0.1) is 0 Å². The Morgan fingerprint density at radius 3 is 2.67 bits per heavy atom. The molecule has 1 saturated carbocycles. The zero-order valence-electron chi connectivity index (χ0n) is 12.1. The molecule has 0 radical (unpaired) electrons. The third kappa shape index (κ3) is 3.43. The van der Waals surface area contributed by atoms with Gasteiger partial charge in [0.25, 0.3) is 0 Å². The molecule has 0 amide bonds. The van der Waals surface area contributed by atoms with Gasteiger partial charge < -0.3 is 16.2 Å². The van der Waals surface area contributed by atoms with Crippen molar-refractivity contribution in [2.75, 3.05) is 23.9 Å². The van der Waals surface area contributed by atoms with E-state index in [0.29, 0.717) is 12.2 Å². The molecule has 0 aromatic heterocycles. The van der Waals surface area contributed by atoms with Gasteiger partial charge in [0.15, 0.2) is 0 Å². The highest BCUT2D eigenvalue weighted by Crippen LogP contribution is 2.39. The predicted molar refractivity (Wildman–Crippen MR) is 85.6 cm³/mol. The molecule has 0 unspecified atom stereocenters. The zero-order chi connectivity index (χ0) is 15.5. The summed E-state index contributed by atoms with van der Waals surface area (Å²) in [5.74, 6) is -1.91. The summed E-state index contributed by atoms with van der Waals surface area (Å²) < 4.78 is 13.6. The van der Waals surface area contributed by atoms with Gasteiger partial charge in [-0.3, -0.25) is 0 Å². The Kier molecular flexibility index (Phi) is 4.98. The summed E-state index contributed by atoms with van der Waals surface area (Å²) >= 11 is 1.82. The fourth-order valence-electron chi connectivity index (χ4n) is 2.88. The molecule has 4 N–H and O–H groups in total. The number of carboxylic acid groups (broad SMARTS) is 1. The summed E-state index contributed by atoms with van der Waals surface area (Å²) in [6.45, 7) is 0.666. The average Bonchev–Trinajstić information content (AvgIpc) is 2.49. The molecule has 0 aliphatic heterocycles. The summed E-state index contributed by atoms with van der Waals surface area (Å²) in [6, 6.07) is 2.66. The van der Waals surface area contributed by atoms with E-state index in [1.54, 1.807) is 0 Å². The lowest BCUT2D eigenvalue weighted by Crippen LogP contribution is -2.35. The van der Waals surface area contributed by atoms with Crippen LogP contribution in [0.4, 0.5) is 15.8 Å². The Morgan fingerprint density at radius 2 is 2.10 bits per heavy atom. The number of hydrogen-bond donors (Lipinski definition) is 3. The molecule has 2 rings (SSSR count). The molecule has 21 heavy (non-hydrogen) atoms. The van der Waals surface area contributed by atoms with Gasteiger partial charge in [-0.1, -0.05) is 19.3 Å². The molecular weight excluding hydrogens is 291 g/mol. The van der Waals surface area contributed by atoms with Gasteiger partial charge in [-0.2, -0.15) is 11.8 Å². The van der Waals surface area contributed by atoms with Crippen LogP contribution in [0.25, 0.3) is 0 Å². The Morgan fingerprint density at radius 1 is 1.43 bits per heavy atom. The molecule has 0 atom stereocenters. The van der Waals surface area contributed by atoms with E-state index in [1.165, 1.54) is 31.4 Å². The zero-order valence-corrected chi connectivity index (χ0v) is 12.9. The predicted octanol–water partition coefficient (Wildman–Crippen LogP) is 3.58. The van der Waals surface area contributed by atoms with Crippen LogP contribution < -0.4 is 11.1 Å². The molecule has 0 heterocycles. The monoisotopic (exact) mass is 312 g/mol. The van der Waals surface area contributed by atoms with E-state index < -0.39 is 11.8 Å². The maximum absolute atomic E-state index is 13.4. The number of hydrogen-bond acceptors (Lipinski definition) is 4. The van der Waals surface area contributed by atoms with Gasteiger partial charge in [0.05, 0.1) is 11.4 Å². The minimum atomic E-state index is -1.21. The van der Waals surface area contributed by atoms with Crippen LogP contribution in [0.3, 0.4) is 0 Å². The summed E-state index contributed by atoms with van der Waals surface area (Å²) in [6.07, 6.45) is 7.95. The number of thioether (sulfide) groups is 1. The fourth-order valence-corrected chi connectivity index (χ4v) is 3.79. The first-order valence-corrected chi connectivity index (χ1v) is 8.32. The Labute approximate surface area is 128 Å². The van der Waals surface area contributed by atoms with Crippen molar-refractivity contribution in [1.82, 2.24) is 0 Å². The highest BCUT2D eigenvalue weighted by Gasteiger charge is 2.31. The molecule has 6 heteroatoms. The maximum Gasteiger partial charge on any atom is 0.340 e. The molecule has 4 nitrogen and oxygen atoms in total. The van der Waals surface area contributed by atoms with Crippen molar-refractivity contribution in [2.45, 2.75) is 36.9 Å². The van der Waals surface area contributed by atoms with E-state index >= 15 is 0 Å². The number of nitrogen functional groups attached to an aromatic ring is 1. The van der Waals surface area contributed by atoms with Gasteiger partial charge in [0.2, 0.25) is 0 Å². The minimum absolute atomic E-state index is 0.122. The van der Waals surface area contributed by atoms with E-state index in [1.807, 2.05) is 11.8 Å². The van der Waals surface area contributed by atoms with Crippen molar-refractivity contribution >= 4 is 29.1 Å². The van der Waals surface area contributed by atoms with E-state index in [2.05, 4.69) is 11.6 Å². The number of nitrogens with one attached hydrogen (secondary N) is 1. The van der Waals surface area contributed by atoms with Crippen LogP contribution in [0.15, 0.2) is 12.1 Å². The molecule has 1 aromatic rings. The van der Waals surface area contributed by atoms with Crippen LogP contribution in [0.2, 0.25) is 0 Å². The van der Waals surface area contributed by atoms with Gasteiger partial charge >= 0.3 is 5.97 Å². The molecule has 1 aromatic carbocycles. The normalized spacial score (nSPS) is 17.4. The van der Waals surface area contributed by atoms with Crippen molar-refractivity contribution in [3.05, 3.63) is 23.5 Å². The molecule has 1 aliphatic carbocycles. The largest absolute Gasteiger partial charge is 0.478 e. The summed E-state index contributed by atoms with van der Waals surface area (Å²) in [4.78, 5) is 11.3. The molecule has 0 bridgehead atoms. The standard InChI is InChI=1S/C15H21FN2O2S/c1-21-15(7-3-2-4-8-15)9-18-11-6-5-10(16)13(17)12(11)14(19)20/h5-6,18H,2-4,7-9,17H2,1H3,(H,19,20). The third-order valence-corrected chi connectivity index (χ3v) is 5.62. The van der Waals surface area contributed by atoms with Crippen LogP contribution in [0.1, 0.15) is 42.5 Å². The summed E-state index contributed by atoms with van der Waals surface area (Å²) in [7, 11) is 0. The molecule has 1 aliphatic rings. The number of nitrogens with two attached hydrogens (primary N) is 1. The minimum Gasteiger partial charge on any atom is -0.478 e. The fraction of sp³-hybridized carbons (Fsp3) is 0.533. The van der Waals surface area contributed by atoms with Gasteiger partial charge in [0, 0.05) is 11.3 Å². The van der Waals surface area contributed by atoms with Crippen LogP contribution in [0.5, 0.6) is 0 Å². The van der Waals surface area contributed by atoms with Crippen molar-refractivity contribution in [3.8, 4) is 0 Å². The first-order chi connectivity index (χ1) is 9.99. The first-order valence-electron chi connectivity index (χ1n) is 7.09. The van der Waals surface area contributed by atoms with Gasteiger partial charge in [-0.25, -0.2) is 9.18 Å². The number of anilines is 2. The second kappa shape index (κ2) is 6.56. The highest BCUT2D eigenvalue weighted by molar-refractivity contribution is 8.00. The lowest BCUT2D eigenvalue weighted by atomic mass is 9.88. The molecular formula is C15H21FN2O2S. The Hall–Kier alpha value is -1.43. The molecule has 0 spiro atoms. The first kappa shape index (κ1) is 15.9. The lowest BCUT2D eigenvalue weighted by Gasteiger charge is -2.36. The van der Waals surface area contributed by atoms with E-state index in [4.69, 9.17) is 5.73 Å². The van der Waals surface area contributed by atoms with E-state index in [-0.39, 0.29) is 16.0 Å². The van der Waals surface area contributed by atoms with Crippen molar-refractivity contribution in [2.24, 2.45) is 0 Å². The average molecular weight is 312 g/mol. The van der Waals surface area contributed by atoms with E-state index in [0.717, 1.165) is 12.8 Å². The van der Waals surface area contributed by atoms with Crippen molar-refractivity contribution in [1.29, 1.82) is 0 Å². The number of aromatic carboxylic acids is 1. The number of carbonyl (C=O) groups is 1. The summed E-state index contributed by atoms with van der Waals surface area (Å²) in [5.41, 5.74) is 5.46. The number of halogens is 1. The third-order valence-electron chi connectivity index (χ3n) is 4.20. The highest BCUT2D eigenvalue weighted by atomic mass is 32.2. The Bertz CT molecular complexity index is 531. The second-order valence-corrected chi connectivity index (χ2v) is 6.76. The quantitative estimate of drug-likeness (QED) is 0.725. The number of rotatable bonds is 5. The smallest absolute Gasteiger partial charge is 0.340 e. The van der Waals surface area contributed by atoms with Crippen LogP contribution in [-0.2, 0) is 0 Å².